The minimum atomic E-state index is 0.321. The average molecular weight is 266 g/mol. The van der Waals surface area contributed by atoms with Crippen LogP contribution in [0.2, 0.25) is 0 Å². The third-order valence-electron chi connectivity index (χ3n) is 5.93. The second kappa shape index (κ2) is 5.73. The van der Waals surface area contributed by atoms with E-state index in [-0.39, 0.29) is 0 Å². The summed E-state index contributed by atoms with van der Waals surface area (Å²) in [5.74, 6) is 0.882. The average Bonchev–Trinajstić information content (AvgIpc) is 2.38. The first-order valence-corrected chi connectivity index (χ1v) is 8.36. The SMILES string of the molecule is CC1CCCCN1C1(CN)CCC(C(C)(C)C)CC1. The zero-order valence-electron chi connectivity index (χ0n) is 13.5. The first-order valence-electron chi connectivity index (χ1n) is 8.36. The molecule has 1 unspecified atom stereocenters. The molecule has 1 aliphatic carbocycles. The molecule has 1 aliphatic heterocycles. The Morgan fingerprint density at radius 1 is 1.11 bits per heavy atom. The predicted octanol–water partition coefficient (Wildman–Crippen LogP) is 3.79. The minimum absolute atomic E-state index is 0.321. The first-order chi connectivity index (χ1) is 8.89. The summed E-state index contributed by atoms with van der Waals surface area (Å²) < 4.78 is 0. The van der Waals surface area contributed by atoms with Crippen LogP contribution < -0.4 is 5.73 Å². The van der Waals surface area contributed by atoms with Gasteiger partial charge in [-0.05, 0) is 63.3 Å². The van der Waals surface area contributed by atoms with E-state index in [9.17, 15) is 0 Å². The summed E-state index contributed by atoms with van der Waals surface area (Å²) in [6.07, 6.45) is 9.50. The fourth-order valence-corrected chi connectivity index (χ4v) is 4.43. The quantitative estimate of drug-likeness (QED) is 0.824. The molecule has 0 aromatic carbocycles. The van der Waals surface area contributed by atoms with Gasteiger partial charge >= 0.3 is 0 Å². The minimum Gasteiger partial charge on any atom is -0.329 e. The Morgan fingerprint density at radius 2 is 1.74 bits per heavy atom. The van der Waals surface area contributed by atoms with Crippen LogP contribution in [0.3, 0.4) is 0 Å². The predicted molar refractivity (Wildman–Crippen MR) is 83.2 cm³/mol. The van der Waals surface area contributed by atoms with Crippen LogP contribution in [0, 0.1) is 11.3 Å². The summed E-state index contributed by atoms with van der Waals surface area (Å²) in [6, 6.07) is 0.739. The van der Waals surface area contributed by atoms with Crippen molar-refractivity contribution in [2.24, 2.45) is 17.1 Å². The molecule has 1 saturated carbocycles. The fraction of sp³-hybridized carbons (Fsp3) is 1.00. The molecule has 0 radical (unpaired) electrons. The molecule has 0 spiro atoms. The van der Waals surface area contributed by atoms with Crippen LogP contribution >= 0.6 is 0 Å². The Hall–Kier alpha value is -0.0800. The molecular weight excluding hydrogens is 232 g/mol. The lowest BCUT2D eigenvalue weighted by atomic mass is 9.66. The molecule has 0 bridgehead atoms. The number of hydrogen-bond acceptors (Lipinski definition) is 2. The molecule has 1 saturated heterocycles. The standard InChI is InChI=1S/C17H34N2/c1-14-7-5-6-12-19(14)17(13-18)10-8-15(9-11-17)16(2,3)4/h14-15H,5-13,18H2,1-4H3. The van der Waals surface area contributed by atoms with Crippen molar-refractivity contribution in [1.29, 1.82) is 0 Å². The molecule has 1 heterocycles. The molecule has 1 atom stereocenters. The molecule has 19 heavy (non-hydrogen) atoms. The summed E-state index contributed by atoms with van der Waals surface area (Å²) in [5, 5.41) is 0. The summed E-state index contributed by atoms with van der Waals surface area (Å²) in [5.41, 5.74) is 7.03. The Bertz CT molecular complexity index is 284. The van der Waals surface area contributed by atoms with Crippen molar-refractivity contribution in [1.82, 2.24) is 4.90 Å². The molecule has 2 nitrogen and oxygen atoms in total. The van der Waals surface area contributed by atoms with E-state index in [4.69, 9.17) is 5.73 Å². The Morgan fingerprint density at radius 3 is 2.21 bits per heavy atom. The number of nitrogens with zero attached hydrogens (tertiary/aromatic N) is 1. The smallest absolute Gasteiger partial charge is 0.0334 e. The van der Waals surface area contributed by atoms with Crippen LogP contribution in [-0.2, 0) is 0 Å². The first kappa shape index (κ1) is 15.3. The van der Waals surface area contributed by atoms with Gasteiger partial charge in [0.25, 0.3) is 0 Å². The van der Waals surface area contributed by atoms with Gasteiger partial charge in [0.15, 0.2) is 0 Å². The third kappa shape index (κ3) is 3.16. The molecule has 0 amide bonds. The van der Waals surface area contributed by atoms with Crippen molar-refractivity contribution in [2.45, 2.75) is 84.2 Å². The number of rotatable bonds is 2. The molecule has 2 aliphatic rings. The van der Waals surface area contributed by atoms with E-state index < -0.39 is 0 Å². The number of piperidine rings is 1. The highest BCUT2D eigenvalue weighted by Crippen LogP contribution is 2.44. The summed E-state index contributed by atoms with van der Waals surface area (Å²) in [6.45, 7) is 11.7. The van der Waals surface area contributed by atoms with Gasteiger partial charge in [-0.1, -0.05) is 27.2 Å². The van der Waals surface area contributed by atoms with Crippen molar-refractivity contribution >= 4 is 0 Å². The third-order valence-corrected chi connectivity index (χ3v) is 5.93. The summed E-state index contributed by atoms with van der Waals surface area (Å²) >= 11 is 0. The highest BCUT2D eigenvalue weighted by atomic mass is 15.2. The van der Waals surface area contributed by atoms with Crippen LogP contribution in [0.15, 0.2) is 0 Å². The maximum absolute atomic E-state index is 6.24. The van der Waals surface area contributed by atoms with Gasteiger partial charge in [0.05, 0.1) is 0 Å². The molecule has 0 aromatic heterocycles. The van der Waals surface area contributed by atoms with E-state index in [2.05, 4.69) is 32.6 Å². The van der Waals surface area contributed by atoms with Crippen LogP contribution in [0.4, 0.5) is 0 Å². The zero-order valence-corrected chi connectivity index (χ0v) is 13.5. The lowest BCUT2D eigenvalue weighted by molar-refractivity contribution is -0.0182. The molecular formula is C17H34N2. The molecule has 2 N–H and O–H groups in total. The van der Waals surface area contributed by atoms with E-state index in [1.165, 1.54) is 51.5 Å². The van der Waals surface area contributed by atoms with Crippen LogP contribution in [0.25, 0.3) is 0 Å². The van der Waals surface area contributed by atoms with E-state index in [1.54, 1.807) is 0 Å². The second-order valence-electron chi connectivity index (χ2n) is 8.11. The molecule has 2 fully saturated rings. The van der Waals surface area contributed by atoms with Crippen molar-refractivity contribution in [3.05, 3.63) is 0 Å². The highest BCUT2D eigenvalue weighted by molar-refractivity contribution is 5.00. The van der Waals surface area contributed by atoms with Crippen LogP contribution in [-0.4, -0.2) is 29.6 Å². The van der Waals surface area contributed by atoms with E-state index in [0.29, 0.717) is 11.0 Å². The van der Waals surface area contributed by atoms with Gasteiger partial charge < -0.3 is 5.73 Å². The van der Waals surface area contributed by atoms with Gasteiger partial charge in [-0.15, -0.1) is 0 Å². The number of hydrogen-bond donors (Lipinski definition) is 1. The summed E-state index contributed by atoms with van der Waals surface area (Å²) in [7, 11) is 0. The highest BCUT2D eigenvalue weighted by Gasteiger charge is 2.43. The van der Waals surface area contributed by atoms with Gasteiger partial charge in [-0.3, -0.25) is 4.90 Å². The van der Waals surface area contributed by atoms with Crippen molar-refractivity contribution in [3.63, 3.8) is 0 Å². The second-order valence-corrected chi connectivity index (χ2v) is 8.11. The largest absolute Gasteiger partial charge is 0.329 e. The number of nitrogens with two attached hydrogens (primary N) is 1. The van der Waals surface area contributed by atoms with Gasteiger partial charge in [0.2, 0.25) is 0 Å². The van der Waals surface area contributed by atoms with E-state index >= 15 is 0 Å². The van der Waals surface area contributed by atoms with E-state index in [1.807, 2.05) is 0 Å². The van der Waals surface area contributed by atoms with Crippen LogP contribution in [0.1, 0.15) is 72.6 Å². The Labute approximate surface area is 120 Å². The monoisotopic (exact) mass is 266 g/mol. The normalized spacial score (nSPS) is 38.4. The van der Waals surface area contributed by atoms with Gasteiger partial charge in [-0.2, -0.15) is 0 Å². The van der Waals surface area contributed by atoms with Crippen LogP contribution in [0.5, 0.6) is 0 Å². The van der Waals surface area contributed by atoms with Crippen molar-refractivity contribution in [3.8, 4) is 0 Å². The van der Waals surface area contributed by atoms with Crippen molar-refractivity contribution < 1.29 is 0 Å². The Kier molecular flexibility index (Phi) is 4.62. The van der Waals surface area contributed by atoms with Gasteiger partial charge in [-0.25, -0.2) is 0 Å². The zero-order chi connectivity index (χ0) is 14.1. The Balaban J connectivity index is 2.05. The lowest BCUT2D eigenvalue weighted by Crippen LogP contribution is -2.60. The molecule has 112 valence electrons. The lowest BCUT2D eigenvalue weighted by Gasteiger charge is -2.53. The number of likely N-dealkylation sites (tertiary alicyclic amines) is 1. The maximum Gasteiger partial charge on any atom is 0.0334 e. The molecule has 2 rings (SSSR count). The van der Waals surface area contributed by atoms with Crippen molar-refractivity contribution in [2.75, 3.05) is 13.1 Å². The van der Waals surface area contributed by atoms with E-state index in [0.717, 1.165) is 18.5 Å². The molecule has 0 aromatic rings. The van der Waals surface area contributed by atoms with Gasteiger partial charge in [0.1, 0.15) is 0 Å². The maximum atomic E-state index is 6.24. The molecule has 2 heteroatoms. The topological polar surface area (TPSA) is 29.3 Å². The van der Waals surface area contributed by atoms with Gasteiger partial charge in [0, 0.05) is 18.1 Å². The fourth-order valence-electron chi connectivity index (χ4n) is 4.43. The summed E-state index contributed by atoms with van der Waals surface area (Å²) in [4.78, 5) is 2.77.